The molecule has 1 heterocycles. The number of carbonyl (C=O) groups is 1. The normalized spacial score (nSPS) is 25.1. The van der Waals surface area contributed by atoms with E-state index in [4.69, 9.17) is 5.73 Å². The SMILES string of the molecule is CCN1CCN(CCC(N)=O)CC1C. The highest BCUT2D eigenvalue weighted by Gasteiger charge is 2.21. The minimum Gasteiger partial charge on any atom is -0.370 e. The van der Waals surface area contributed by atoms with Crippen LogP contribution in [0.4, 0.5) is 0 Å². The Morgan fingerprint density at radius 1 is 1.50 bits per heavy atom. The molecule has 0 spiro atoms. The van der Waals surface area contributed by atoms with E-state index in [2.05, 4.69) is 23.6 Å². The molecule has 0 saturated carbocycles. The first-order chi connectivity index (χ1) is 6.63. The summed E-state index contributed by atoms with van der Waals surface area (Å²) in [7, 11) is 0. The summed E-state index contributed by atoms with van der Waals surface area (Å²) >= 11 is 0. The van der Waals surface area contributed by atoms with Crippen LogP contribution in [-0.4, -0.2) is 54.5 Å². The van der Waals surface area contributed by atoms with Crippen molar-refractivity contribution in [2.45, 2.75) is 26.3 Å². The van der Waals surface area contributed by atoms with Crippen LogP contribution in [0.3, 0.4) is 0 Å². The van der Waals surface area contributed by atoms with Crippen molar-refractivity contribution < 1.29 is 4.79 Å². The topological polar surface area (TPSA) is 49.6 Å². The van der Waals surface area contributed by atoms with Crippen molar-refractivity contribution in [3.05, 3.63) is 0 Å². The van der Waals surface area contributed by atoms with Crippen LogP contribution in [0.2, 0.25) is 0 Å². The molecule has 4 heteroatoms. The molecule has 0 aromatic carbocycles. The van der Waals surface area contributed by atoms with Crippen LogP contribution in [0.25, 0.3) is 0 Å². The molecule has 1 amide bonds. The van der Waals surface area contributed by atoms with Gasteiger partial charge >= 0.3 is 0 Å². The van der Waals surface area contributed by atoms with Gasteiger partial charge in [-0.05, 0) is 13.5 Å². The molecule has 0 aromatic heterocycles. The molecule has 4 nitrogen and oxygen atoms in total. The van der Waals surface area contributed by atoms with E-state index in [1.807, 2.05) is 0 Å². The molecule has 82 valence electrons. The van der Waals surface area contributed by atoms with Crippen LogP contribution >= 0.6 is 0 Å². The zero-order chi connectivity index (χ0) is 10.6. The third-order valence-corrected chi connectivity index (χ3v) is 2.93. The van der Waals surface area contributed by atoms with Crippen LogP contribution < -0.4 is 5.73 Å². The summed E-state index contributed by atoms with van der Waals surface area (Å²) in [6, 6.07) is 0.599. The van der Waals surface area contributed by atoms with Crippen molar-refractivity contribution in [2.24, 2.45) is 5.73 Å². The molecule has 1 rings (SSSR count). The Bertz CT molecular complexity index is 196. The number of rotatable bonds is 4. The second-order valence-corrected chi connectivity index (χ2v) is 3.99. The minimum absolute atomic E-state index is 0.199. The monoisotopic (exact) mass is 199 g/mol. The number of piperazine rings is 1. The lowest BCUT2D eigenvalue weighted by Crippen LogP contribution is -2.52. The summed E-state index contributed by atoms with van der Waals surface area (Å²) in [5.74, 6) is -0.199. The third kappa shape index (κ3) is 3.27. The second-order valence-electron chi connectivity index (χ2n) is 3.99. The molecule has 1 aliphatic heterocycles. The number of nitrogens with zero attached hydrogens (tertiary/aromatic N) is 2. The van der Waals surface area contributed by atoms with Crippen molar-refractivity contribution in [3.8, 4) is 0 Å². The molecule has 1 saturated heterocycles. The first kappa shape index (κ1) is 11.5. The number of primary amides is 1. The van der Waals surface area contributed by atoms with Crippen LogP contribution in [0.15, 0.2) is 0 Å². The average molecular weight is 199 g/mol. The predicted molar refractivity (Wildman–Crippen MR) is 57.0 cm³/mol. The summed E-state index contributed by atoms with van der Waals surface area (Å²) in [6.07, 6.45) is 0.485. The fraction of sp³-hybridized carbons (Fsp3) is 0.900. The lowest BCUT2D eigenvalue weighted by atomic mass is 10.2. The van der Waals surface area contributed by atoms with Gasteiger partial charge in [0.2, 0.25) is 5.91 Å². The Kier molecular flexibility index (Phi) is 4.35. The number of nitrogens with two attached hydrogens (primary N) is 1. The van der Waals surface area contributed by atoms with E-state index in [1.54, 1.807) is 0 Å². The number of hydrogen-bond acceptors (Lipinski definition) is 3. The molecular weight excluding hydrogens is 178 g/mol. The Balaban J connectivity index is 2.27. The first-order valence-corrected chi connectivity index (χ1v) is 5.38. The molecule has 14 heavy (non-hydrogen) atoms. The van der Waals surface area contributed by atoms with Gasteiger partial charge in [-0.3, -0.25) is 9.69 Å². The number of amides is 1. The molecular formula is C10H21N3O. The van der Waals surface area contributed by atoms with Crippen molar-refractivity contribution in [1.29, 1.82) is 0 Å². The maximum Gasteiger partial charge on any atom is 0.218 e. The second kappa shape index (κ2) is 5.32. The Labute approximate surface area is 86.0 Å². The molecule has 1 aliphatic rings. The standard InChI is InChI=1S/C10H21N3O/c1-3-13-7-6-12(8-9(13)2)5-4-10(11)14/h9H,3-8H2,1-2H3,(H2,11,14). The first-order valence-electron chi connectivity index (χ1n) is 5.38. The van der Waals surface area contributed by atoms with Crippen LogP contribution in [-0.2, 0) is 4.79 Å². The van der Waals surface area contributed by atoms with Gasteiger partial charge in [0.1, 0.15) is 0 Å². The largest absolute Gasteiger partial charge is 0.370 e. The number of likely N-dealkylation sites (N-methyl/N-ethyl adjacent to an activating group) is 1. The summed E-state index contributed by atoms with van der Waals surface area (Å²) in [6.45, 7) is 9.58. The van der Waals surface area contributed by atoms with Gasteiger partial charge in [-0.15, -0.1) is 0 Å². The zero-order valence-electron chi connectivity index (χ0n) is 9.20. The highest BCUT2D eigenvalue weighted by Crippen LogP contribution is 2.08. The Morgan fingerprint density at radius 2 is 2.21 bits per heavy atom. The predicted octanol–water partition coefficient (Wildman–Crippen LogP) is -0.112. The van der Waals surface area contributed by atoms with Gasteiger partial charge in [0, 0.05) is 38.6 Å². The molecule has 0 radical (unpaired) electrons. The summed E-state index contributed by atoms with van der Waals surface area (Å²) in [5, 5.41) is 0. The van der Waals surface area contributed by atoms with Crippen molar-refractivity contribution in [3.63, 3.8) is 0 Å². The quantitative estimate of drug-likeness (QED) is 0.687. The van der Waals surface area contributed by atoms with Gasteiger partial charge in [0.15, 0.2) is 0 Å². The Hall–Kier alpha value is -0.610. The summed E-state index contributed by atoms with van der Waals surface area (Å²) in [4.78, 5) is 15.4. The molecule has 1 unspecified atom stereocenters. The van der Waals surface area contributed by atoms with Gasteiger partial charge in [-0.1, -0.05) is 6.92 Å². The zero-order valence-corrected chi connectivity index (χ0v) is 9.20. The van der Waals surface area contributed by atoms with E-state index in [1.165, 1.54) is 0 Å². The lowest BCUT2D eigenvalue weighted by Gasteiger charge is -2.39. The van der Waals surface area contributed by atoms with E-state index in [0.29, 0.717) is 12.5 Å². The third-order valence-electron chi connectivity index (χ3n) is 2.93. The van der Waals surface area contributed by atoms with Crippen molar-refractivity contribution in [1.82, 2.24) is 9.80 Å². The highest BCUT2D eigenvalue weighted by atomic mass is 16.1. The van der Waals surface area contributed by atoms with Crippen molar-refractivity contribution >= 4 is 5.91 Å². The minimum atomic E-state index is -0.199. The van der Waals surface area contributed by atoms with Gasteiger partial charge in [0.25, 0.3) is 0 Å². The van der Waals surface area contributed by atoms with Gasteiger partial charge in [-0.25, -0.2) is 0 Å². The average Bonchev–Trinajstić information content (AvgIpc) is 2.15. The van der Waals surface area contributed by atoms with Gasteiger partial charge in [0.05, 0.1) is 0 Å². The number of carbonyl (C=O) groups excluding carboxylic acids is 1. The molecule has 2 N–H and O–H groups in total. The highest BCUT2D eigenvalue weighted by molar-refractivity contribution is 5.73. The van der Waals surface area contributed by atoms with E-state index in [9.17, 15) is 4.79 Å². The molecule has 0 aliphatic carbocycles. The molecule has 1 fully saturated rings. The lowest BCUT2D eigenvalue weighted by molar-refractivity contribution is -0.118. The van der Waals surface area contributed by atoms with E-state index >= 15 is 0 Å². The van der Waals surface area contributed by atoms with E-state index in [0.717, 1.165) is 32.7 Å². The summed E-state index contributed by atoms with van der Waals surface area (Å²) < 4.78 is 0. The smallest absolute Gasteiger partial charge is 0.218 e. The fourth-order valence-electron chi connectivity index (χ4n) is 2.01. The van der Waals surface area contributed by atoms with Crippen LogP contribution in [0.1, 0.15) is 20.3 Å². The number of hydrogen-bond donors (Lipinski definition) is 1. The summed E-state index contributed by atoms with van der Waals surface area (Å²) in [5.41, 5.74) is 5.12. The van der Waals surface area contributed by atoms with Crippen LogP contribution in [0.5, 0.6) is 0 Å². The Morgan fingerprint density at radius 3 is 2.71 bits per heavy atom. The molecule has 0 bridgehead atoms. The fourth-order valence-corrected chi connectivity index (χ4v) is 2.01. The van der Waals surface area contributed by atoms with Crippen LogP contribution in [0, 0.1) is 0 Å². The molecule has 0 aromatic rings. The maximum atomic E-state index is 10.6. The molecule has 1 atom stereocenters. The van der Waals surface area contributed by atoms with Crippen molar-refractivity contribution in [2.75, 3.05) is 32.7 Å². The van der Waals surface area contributed by atoms with E-state index in [-0.39, 0.29) is 5.91 Å². The van der Waals surface area contributed by atoms with E-state index < -0.39 is 0 Å². The van der Waals surface area contributed by atoms with Gasteiger partial charge < -0.3 is 10.6 Å². The van der Waals surface area contributed by atoms with Gasteiger partial charge in [-0.2, -0.15) is 0 Å². The maximum absolute atomic E-state index is 10.6.